The normalized spacial score (nSPS) is 13.4. The largest absolute Gasteiger partial charge is 0.372 e. The fourth-order valence-corrected chi connectivity index (χ4v) is 3.45. The fourth-order valence-electron chi connectivity index (χ4n) is 2.04. The number of halogens is 1. The molecule has 5 nitrogen and oxygen atoms in total. The molecule has 21 heavy (non-hydrogen) atoms. The zero-order chi connectivity index (χ0) is 15.0. The number of hydrogen-bond acceptors (Lipinski definition) is 4. The Morgan fingerprint density at radius 1 is 1.14 bits per heavy atom. The van der Waals surface area contributed by atoms with E-state index in [0.717, 1.165) is 0 Å². The molecule has 0 amide bonds. The molecule has 0 saturated carbocycles. The molecule has 3 rings (SSSR count). The van der Waals surface area contributed by atoms with E-state index in [2.05, 4.69) is 9.97 Å². The quantitative estimate of drug-likeness (QED) is 0.726. The molecule has 0 bridgehead atoms. The summed E-state index contributed by atoms with van der Waals surface area (Å²) < 4.78 is 24.7. The first-order valence-corrected chi connectivity index (χ1v) is 8.03. The number of aromatic nitrogens is 2. The summed E-state index contributed by atoms with van der Waals surface area (Å²) >= 11 is 5.79. The van der Waals surface area contributed by atoms with E-state index in [1.807, 2.05) is 0 Å². The Morgan fingerprint density at radius 3 is 2.57 bits per heavy atom. The van der Waals surface area contributed by atoms with E-state index in [9.17, 15) is 13.5 Å². The van der Waals surface area contributed by atoms with Gasteiger partial charge in [0.1, 0.15) is 5.15 Å². The standard InChI is InChI=1S/C14H11ClN2O3S/c15-13-7-6-10-11(17-13)8-12(16-10)14(18)21(19,20)9-4-2-1-3-5-9/h1-8,14,16,18H. The predicted molar refractivity (Wildman–Crippen MR) is 79.7 cm³/mol. The molecular weight excluding hydrogens is 312 g/mol. The molecule has 1 atom stereocenters. The topological polar surface area (TPSA) is 83.1 Å². The van der Waals surface area contributed by atoms with Crippen LogP contribution in [0.3, 0.4) is 0 Å². The molecule has 7 heteroatoms. The average molecular weight is 323 g/mol. The van der Waals surface area contributed by atoms with Gasteiger partial charge in [-0.05, 0) is 30.3 Å². The molecule has 0 aliphatic heterocycles. The lowest BCUT2D eigenvalue weighted by atomic mass is 10.4. The summed E-state index contributed by atoms with van der Waals surface area (Å²) in [7, 11) is -3.89. The van der Waals surface area contributed by atoms with Crippen LogP contribution in [-0.4, -0.2) is 23.5 Å². The highest BCUT2D eigenvalue weighted by Gasteiger charge is 2.28. The summed E-state index contributed by atoms with van der Waals surface area (Å²) in [6, 6.07) is 12.5. The number of nitrogens with zero attached hydrogens (tertiary/aromatic N) is 1. The maximum Gasteiger partial charge on any atom is 0.210 e. The Bertz CT molecular complexity index is 891. The van der Waals surface area contributed by atoms with Gasteiger partial charge in [0.05, 0.1) is 21.6 Å². The summed E-state index contributed by atoms with van der Waals surface area (Å²) in [6.07, 6.45) is 0. The van der Waals surface area contributed by atoms with Gasteiger partial charge in [0.2, 0.25) is 9.84 Å². The number of sulfone groups is 1. The number of benzene rings is 1. The number of hydrogen-bond donors (Lipinski definition) is 2. The van der Waals surface area contributed by atoms with E-state index in [1.165, 1.54) is 18.2 Å². The number of aromatic amines is 1. The number of aliphatic hydroxyl groups excluding tert-OH is 1. The summed E-state index contributed by atoms with van der Waals surface area (Å²) in [6.45, 7) is 0. The van der Waals surface area contributed by atoms with E-state index < -0.39 is 15.3 Å². The van der Waals surface area contributed by atoms with Crippen LogP contribution >= 0.6 is 11.6 Å². The van der Waals surface area contributed by atoms with Crippen LogP contribution in [0, 0.1) is 0 Å². The lowest BCUT2D eigenvalue weighted by Crippen LogP contribution is -2.13. The van der Waals surface area contributed by atoms with E-state index in [1.54, 1.807) is 30.3 Å². The van der Waals surface area contributed by atoms with Gasteiger partial charge in [0.15, 0.2) is 5.44 Å². The SMILES string of the molecule is O=S(=O)(c1ccccc1)C(O)c1cc2nc(Cl)ccc2[nH]1. The Hall–Kier alpha value is -1.89. The molecule has 2 N–H and O–H groups in total. The van der Waals surface area contributed by atoms with Crippen LogP contribution < -0.4 is 0 Å². The molecule has 0 fully saturated rings. The van der Waals surface area contributed by atoms with Crippen LogP contribution in [0.4, 0.5) is 0 Å². The van der Waals surface area contributed by atoms with Crippen LogP contribution in [0.25, 0.3) is 11.0 Å². The molecular formula is C14H11ClN2O3S. The Labute approximate surface area is 126 Å². The first-order valence-electron chi connectivity index (χ1n) is 6.10. The van der Waals surface area contributed by atoms with Crippen molar-refractivity contribution in [3.8, 4) is 0 Å². The van der Waals surface area contributed by atoms with Gasteiger partial charge in [-0.1, -0.05) is 29.8 Å². The van der Waals surface area contributed by atoms with Gasteiger partial charge in [-0.25, -0.2) is 13.4 Å². The molecule has 1 unspecified atom stereocenters. The lowest BCUT2D eigenvalue weighted by molar-refractivity contribution is 0.251. The Morgan fingerprint density at radius 2 is 1.86 bits per heavy atom. The lowest BCUT2D eigenvalue weighted by Gasteiger charge is -2.10. The smallest absolute Gasteiger partial charge is 0.210 e. The Balaban J connectivity index is 2.06. The molecule has 1 aromatic carbocycles. The molecule has 0 aliphatic carbocycles. The Kier molecular flexibility index (Phi) is 3.44. The van der Waals surface area contributed by atoms with Gasteiger partial charge in [-0.3, -0.25) is 0 Å². The molecule has 0 radical (unpaired) electrons. The molecule has 0 aliphatic rings. The number of rotatable bonds is 3. The summed E-state index contributed by atoms with van der Waals surface area (Å²) in [5.74, 6) is 0. The maximum absolute atomic E-state index is 12.4. The minimum absolute atomic E-state index is 0.0575. The van der Waals surface area contributed by atoms with E-state index >= 15 is 0 Å². The number of fused-ring (bicyclic) bond motifs is 1. The molecule has 2 heterocycles. The fraction of sp³-hybridized carbons (Fsp3) is 0.0714. The van der Waals surface area contributed by atoms with Crippen molar-refractivity contribution in [2.75, 3.05) is 0 Å². The molecule has 2 aromatic heterocycles. The van der Waals surface area contributed by atoms with Crippen LogP contribution in [-0.2, 0) is 9.84 Å². The molecule has 108 valence electrons. The summed E-state index contributed by atoms with van der Waals surface area (Å²) in [5, 5.41) is 10.5. The van der Waals surface area contributed by atoms with Gasteiger partial charge in [0.25, 0.3) is 0 Å². The molecule has 0 spiro atoms. The first-order chi connectivity index (χ1) is 9.98. The van der Waals surface area contributed by atoms with Gasteiger partial charge in [0, 0.05) is 0 Å². The van der Waals surface area contributed by atoms with Crippen LogP contribution in [0.2, 0.25) is 5.15 Å². The average Bonchev–Trinajstić information content (AvgIpc) is 2.90. The van der Waals surface area contributed by atoms with Crippen molar-refractivity contribution in [2.45, 2.75) is 10.3 Å². The zero-order valence-corrected chi connectivity index (χ0v) is 12.3. The van der Waals surface area contributed by atoms with Gasteiger partial charge in [-0.15, -0.1) is 0 Å². The minimum Gasteiger partial charge on any atom is -0.372 e. The van der Waals surface area contributed by atoms with Crippen molar-refractivity contribution in [1.29, 1.82) is 0 Å². The third-order valence-electron chi connectivity index (χ3n) is 3.09. The van der Waals surface area contributed by atoms with Crippen LogP contribution in [0.15, 0.2) is 53.4 Å². The highest BCUT2D eigenvalue weighted by atomic mass is 35.5. The molecule has 0 saturated heterocycles. The van der Waals surface area contributed by atoms with Crippen molar-refractivity contribution in [3.63, 3.8) is 0 Å². The van der Waals surface area contributed by atoms with E-state index in [-0.39, 0.29) is 10.6 Å². The zero-order valence-electron chi connectivity index (χ0n) is 10.7. The number of aliphatic hydroxyl groups is 1. The van der Waals surface area contributed by atoms with E-state index in [4.69, 9.17) is 11.6 Å². The minimum atomic E-state index is -3.89. The van der Waals surface area contributed by atoms with Crippen molar-refractivity contribution in [2.24, 2.45) is 0 Å². The molecule has 3 aromatic rings. The van der Waals surface area contributed by atoms with Gasteiger partial charge in [-0.2, -0.15) is 0 Å². The van der Waals surface area contributed by atoms with Crippen molar-refractivity contribution in [3.05, 3.63) is 59.4 Å². The number of pyridine rings is 1. The van der Waals surface area contributed by atoms with E-state index in [0.29, 0.717) is 16.2 Å². The summed E-state index contributed by atoms with van der Waals surface area (Å²) in [4.78, 5) is 6.97. The van der Waals surface area contributed by atoms with Crippen molar-refractivity contribution in [1.82, 2.24) is 9.97 Å². The monoisotopic (exact) mass is 322 g/mol. The van der Waals surface area contributed by atoms with Crippen LogP contribution in [0.1, 0.15) is 11.1 Å². The maximum atomic E-state index is 12.4. The van der Waals surface area contributed by atoms with Crippen molar-refractivity contribution >= 4 is 32.5 Å². The predicted octanol–water partition coefficient (Wildman–Crippen LogP) is 2.68. The number of nitrogens with one attached hydrogen (secondary N) is 1. The first kappa shape index (κ1) is 14.1. The highest BCUT2D eigenvalue weighted by molar-refractivity contribution is 7.91. The highest BCUT2D eigenvalue weighted by Crippen LogP contribution is 2.28. The third-order valence-corrected chi connectivity index (χ3v) is 5.08. The van der Waals surface area contributed by atoms with Gasteiger partial charge < -0.3 is 10.1 Å². The van der Waals surface area contributed by atoms with Crippen molar-refractivity contribution < 1.29 is 13.5 Å². The van der Waals surface area contributed by atoms with Crippen LogP contribution in [0.5, 0.6) is 0 Å². The van der Waals surface area contributed by atoms with Gasteiger partial charge >= 0.3 is 0 Å². The number of H-pyrrole nitrogens is 1. The second-order valence-corrected chi connectivity index (χ2v) is 6.90. The second kappa shape index (κ2) is 5.14. The second-order valence-electron chi connectivity index (χ2n) is 4.50. The summed E-state index contributed by atoms with van der Waals surface area (Å²) in [5.41, 5.74) is -0.423. The third kappa shape index (κ3) is 2.53.